The number of thiazole rings is 1. The zero-order chi connectivity index (χ0) is 17.8. The average molecular weight is 369 g/mol. The quantitative estimate of drug-likeness (QED) is 0.698. The van der Waals surface area contributed by atoms with Gasteiger partial charge in [-0.1, -0.05) is 18.2 Å². The molecular formula is C19H23N5OS. The molecule has 7 heteroatoms. The van der Waals surface area contributed by atoms with Gasteiger partial charge in [0, 0.05) is 61.4 Å². The maximum atomic E-state index is 12.2. The molecule has 1 aromatic carbocycles. The van der Waals surface area contributed by atoms with Gasteiger partial charge in [-0.2, -0.15) is 0 Å². The summed E-state index contributed by atoms with van der Waals surface area (Å²) in [5.74, 6) is 0.104. The van der Waals surface area contributed by atoms with Crippen LogP contribution in [-0.2, 0) is 11.2 Å². The standard InChI is InChI=1S/C19H23N5OS/c25-18(14-23-8-10-24(11-9-23)19-21-7-12-26-19)20-6-5-15-13-22-17-4-2-1-3-16(15)17/h1-4,7,12-13,22H,5-6,8-11,14H2,(H,20,25). The number of hydrogen-bond acceptors (Lipinski definition) is 5. The van der Waals surface area contributed by atoms with E-state index in [2.05, 4.69) is 37.2 Å². The smallest absolute Gasteiger partial charge is 0.234 e. The van der Waals surface area contributed by atoms with Crippen LogP contribution in [-0.4, -0.2) is 60.0 Å². The number of H-pyrrole nitrogens is 1. The molecule has 2 N–H and O–H groups in total. The van der Waals surface area contributed by atoms with Crippen molar-refractivity contribution in [1.29, 1.82) is 0 Å². The van der Waals surface area contributed by atoms with Gasteiger partial charge in [0.2, 0.25) is 5.91 Å². The fourth-order valence-electron chi connectivity index (χ4n) is 3.40. The summed E-state index contributed by atoms with van der Waals surface area (Å²) in [5, 5.41) is 7.37. The first kappa shape index (κ1) is 17.1. The van der Waals surface area contributed by atoms with Crippen molar-refractivity contribution in [3.05, 3.63) is 47.6 Å². The maximum absolute atomic E-state index is 12.2. The second-order valence-corrected chi connectivity index (χ2v) is 7.41. The van der Waals surface area contributed by atoms with Crippen molar-refractivity contribution in [2.45, 2.75) is 6.42 Å². The molecule has 0 aliphatic carbocycles. The Morgan fingerprint density at radius 1 is 1.23 bits per heavy atom. The third-order valence-corrected chi connectivity index (χ3v) is 5.65. The number of carbonyl (C=O) groups excluding carboxylic acids is 1. The number of aromatic nitrogens is 2. The summed E-state index contributed by atoms with van der Waals surface area (Å²) in [5.41, 5.74) is 2.39. The van der Waals surface area contributed by atoms with E-state index in [0.29, 0.717) is 13.1 Å². The van der Waals surface area contributed by atoms with E-state index >= 15 is 0 Å². The molecule has 0 atom stereocenters. The fraction of sp³-hybridized carbons (Fsp3) is 0.368. The molecule has 1 amide bonds. The molecule has 0 unspecified atom stereocenters. The van der Waals surface area contributed by atoms with Crippen molar-refractivity contribution in [1.82, 2.24) is 20.2 Å². The van der Waals surface area contributed by atoms with Gasteiger partial charge in [-0.05, 0) is 18.1 Å². The second kappa shape index (κ2) is 7.88. The van der Waals surface area contributed by atoms with Crippen molar-refractivity contribution in [3.63, 3.8) is 0 Å². The average Bonchev–Trinajstić information content (AvgIpc) is 3.33. The molecule has 1 aliphatic heterocycles. The minimum Gasteiger partial charge on any atom is -0.361 e. The van der Waals surface area contributed by atoms with Crippen LogP contribution >= 0.6 is 11.3 Å². The Labute approximate surface area is 156 Å². The highest BCUT2D eigenvalue weighted by Crippen LogP contribution is 2.19. The van der Waals surface area contributed by atoms with Crippen molar-refractivity contribution in [2.75, 3.05) is 44.2 Å². The van der Waals surface area contributed by atoms with Crippen LogP contribution in [0, 0.1) is 0 Å². The van der Waals surface area contributed by atoms with Crippen molar-refractivity contribution < 1.29 is 4.79 Å². The van der Waals surface area contributed by atoms with Crippen LogP contribution < -0.4 is 10.2 Å². The lowest BCUT2D eigenvalue weighted by atomic mass is 10.1. The van der Waals surface area contributed by atoms with Gasteiger partial charge in [-0.15, -0.1) is 11.3 Å². The zero-order valence-corrected chi connectivity index (χ0v) is 15.5. The first-order valence-electron chi connectivity index (χ1n) is 8.98. The summed E-state index contributed by atoms with van der Waals surface area (Å²) in [6, 6.07) is 8.26. The SMILES string of the molecule is O=C(CN1CCN(c2nccs2)CC1)NCCc1c[nH]c2ccccc12. The van der Waals surface area contributed by atoms with Gasteiger partial charge in [-0.25, -0.2) is 4.98 Å². The number of amides is 1. The highest BCUT2D eigenvalue weighted by Gasteiger charge is 2.20. The second-order valence-electron chi connectivity index (χ2n) is 6.54. The van der Waals surface area contributed by atoms with E-state index in [1.807, 2.05) is 29.9 Å². The lowest BCUT2D eigenvalue weighted by Crippen LogP contribution is -2.49. The lowest BCUT2D eigenvalue weighted by Gasteiger charge is -2.34. The highest BCUT2D eigenvalue weighted by atomic mass is 32.1. The van der Waals surface area contributed by atoms with Gasteiger partial charge in [0.25, 0.3) is 0 Å². The van der Waals surface area contributed by atoms with E-state index < -0.39 is 0 Å². The van der Waals surface area contributed by atoms with E-state index in [9.17, 15) is 4.79 Å². The van der Waals surface area contributed by atoms with Gasteiger partial charge >= 0.3 is 0 Å². The minimum absolute atomic E-state index is 0.104. The van der Waals surface area contributed by atoms with Crippen molar-refractivity contribution in [2.24, 2.45) is 0 Å². The molecule has 2 aromatic heterocycles. The summed E-state index contributed by atoms with van der Waals surface area (Å²) >= 11 is 1.67. The Kier molecular flexibility index (Phi) is 5.17. The number of fused-ring (bicyclic) bond motifs is 1. The van der Waals surface area contributed by atoms with E-state index in [4.69, 9.17) is 0 Å². The number of benzene rings is 1. The Balaban J connectivity index is 1.20. The number of carbonyl (C=O) groups is 1. The normalized spacial score (nSPS) is 15.5. The Hall–Kier alpha value is -2.38. The summed E-state index contributed by atoms with van der Waals surface area (Å²) in [6.07, 6.45) is 4.72. The number of rotatable bonds is 6. The minimum atomic E-state index is 0.104. The van der Waals surface area contributed by atoms with E-state index in [0.717, 1.165) is 43.2 Å². The number of para-hydroxylation sites is 1. The van der Waals surface area contributed by atoms with Crippen LogP contribution in [0.5, 0.6) is 0 Å². The predicted octanol–water partition coefficient (Wildman–Crippen LogP) is 2.11. The van der Waals surface area contributed by atoms with E-state index in [-0.39, 0.29) is 5.91 Å². The molecule has 136 valence electrons. The largest absolute Gasteiger partial charge is 0.361 e. The molecule has 0 radical (unpaired) electrons. The zero-order valence-electron chi connectivity index (χ0n) is 14.6. The molecule has 1 aliphatic rings. The van der Waals surface area contributed by atoms with Gasteiger partial charge in [0.05, 0.1) is 6.54 Å². The van der Waals surface area contributed by atoms with Crippen LogP contribution in [0.2, 0.25) is 0 Å². The van der Waals surface area contributed by atoms with Crippen LogP contribution in [0.1, 0.15) is 5.56 Å². The molecule has 1 fully saturated rings. The monoisotopic (exact) mass is 369 g/mol. The number of nitrogens with zero attached hydrogens (tertiary/aromatic N) is 3. The molecule has 0 spiro atoms. The number of anilines is 1. The van der Waals surface area contributed by atoms with E-state index in [1.54, 1.807) is 11.3 Å². The summed E-state index contributed by atoms with van der Waals surface area (Å²) < 4.78 is 0. The van der Waals surface area contributed by atoms with Crippen molar-refractivity contribution in [3.8, 4) is 0 Å². The fourth-order valence-corrected chi connectivity index (χ4v) is 4.10. The summed E-state index contributed by atoms with van der Waals surface area (Å²) in [7, 11) is 0. The van der Waals surface area contributed by atoms with Crippen molar-refractivity contribution >= 4 is 33.3 Å². The lowest BCUT2D eigenvalue weighted by molar-refractivity contribution is -0.122. The first-order chi connectivity index (χ1) is 12.8. The van der Waals surface area contributed by atoms with Gasteiger partial charge in [0.1, 0.15) is 0 Å². The van der Waals surface area contributed by atoms with Crippen LogP contribution in [0.3, 0.4) is 0 Å². The molecule has 4 rings (SSSR count). The molecular weight excluding hydrogens is 346 g/mol. The number of nitrogens with one attached hydrogen (secondary N) is 2. The number of hydrogen-bond donors (Lipinski definition) is 2. The Morgan fingerprint density at radius 3 is 2.88 bits per heavy atom. The topological polar surface area (TPSA) is 64.3 Å². The molecule has 26 heavy (non-hydrogen) atoms. The maximum Gasteiger partial charge on any atom is 0.234 e. The van der Waals surface area contributed by atoms with Gasteiger partial charge in [-0.3, -0.25) is 9.69 Å². The molecule has 1 saturated heterocycles. The van der Waals surface area contributed by atoms with Gasteiger partial charge < -0.3 is 15.2 Å². The Bertz CT molecular complexity index is 852. The summed E-state index contributed by atoms with van der Waals surface area (Å²) in [4.78, 5) is 24.4. The molecule has 3 heterocycles. The number of aromatic amines is 1. The Morgan fingerprint density at radius 2 is 2.08 bits per heavy atom. The highest BCUT2D eigenvalue weighted by molar-refractivity contribution is 7.13. The van der Waals surface area contributed by atoms with Crippen LogP contribution in [0.15, 0.2) is 42.0 Å². The predicted molar refractivity (Wildman–Crippen MR) is 106 cm³/mol. The van der Waals surface area contributed by atoms with E-state index in [1.165, 1.54) is 10.9 Å². The molecule has 6 nitrogen and oxygen atoms in total. The molecule has 0 bridgehead atoms. The number of piperazine rings is 1. The third kappa shape index (κ3) is 3.89. The van der Waals surface area contributed by atoms with Crippen LogP contribution in [0.25, 0.3) is 10.9 Å². The molecule has 3 aromatic rings. The molecule has 0 saturated carbocycles. The first-order valence-corrected chi connectivity index (χ1v) is 9.86. The van der Waals surface area contributed by atoms with Crippen LogP contribution in [0.4, 0.5) is 5.13 Å². The van der Waals surface area contributed by atoms with Gasteiger partial charge in [0.15, 0.2) is 5.13 Å². The summed E-state index contributed by atoms with van der Waals surface area (Å²) in [6.45, 7) is 4.79. The third-order valence-electron chi connectivity index (χ3n) is 4.82.